The van der Waals surface area contributed by atoms with Gasteiger partial charge in [0.05, 0.1) is 39.0 Å². The third-order valence-corrected chi connectivity index (χ3v) is 5.05. The predicted octanol–water partition coefficient (Wildman–Crippen LogP) is 2.52. The molecule has 0 radical (unpaired) electrons. The van der Waals surface area contributed by atoms with E-state index in [1.807, 2.05) is 6.92 Å². The molecule has 0 spiro atoms. The molecule has 2 N–H and O–H groups in total. The van der Waals surface area contributed by atoms with E-state index >= 15 is 0 Å². The number of ether oxygens (including phenoxy) is 3. The number of hydrogen-bond donors (Lipinski definition) is 2. The number of amides is 1. The molecule has 1 aliphatic rings. The van der Waals surface area contributed by atoms with Crippen molar-refractivity contribution in [2.45, 2.75) is 13.0 Å². The molecule has 8 heteroatoms. The normalized spacial score (nSPS) is 17.7. The first-order chi connectivity index (χ1) is 15.0. The number of ketones is 1. The zero-order valence-corrected chi connectivity index (χ0v) is 17.6. The summed E-state index contributed by atoms with van der Waals surface area (Å²) >= 11 is 0. The lowest BCUT2D eigenvalue weighted by Crippen LogP contribution is -2.32. The molecule has 1 unspecified atom stereocenters. The summed E-state index contributed by atoms with van der Waals surface area (Å²) < 4.78 is 16.2. The first kappa shape index (κ1) is 22.2. The zero-order valence-electron chi connectivity index (χ0n) is 17.6. The number of β-amino-alcohol motifs (C(OH)–C–C–N with tert-alkyl or cyclic N) is 1. The van der Waals surface area contributed by atoms with Crippen LogP contribution in [0.15, 0.2) is 48.0 Å². The van der Waals surface area contributed by atoms with Crippen LogP contribution in [0.25, 0.3) is 5.76 Å². The van der Waals surface area contributed by atoms with Crippen molar-refractivity contribution in [2.24, 2.45) is 0 Å². The molecule has 1 amide bonds. The number of carbonyl (C=O) groups is 2. The Balaban J connectivity index is 2.20. The number of hydrogen-bond acceptors (Lipinski definition) is 7. The lowest BCUT2D eigenvalue weighted by Gasteiger charge is -2.26. The zero-order chi connectivity index (χ0) is 22.5. The number of methoxy groups -OCH3 is 2. The molecule has 0 saturated carbocycles. The van der Waals surface area contributed by atoms with Gasteiger partial charge >= 0.3 is 0 Å². The highest BCUT2D eigenvalue weighted by Gasteiger charge is 2.47. The Morgan fingerprint density at radius 1 is 1.03 bits per heavy atom. The number of carbonyl (C=O) groups excluding carboxylic acids is 2. The van der Waals surface area contributed by atoms with Gasteiger partial charge < -0.3 is 29.3 Å². The molecule has 1 atom stereocenters. The Morgan fingerprint density at radius 3 is 2.29 bits per heavy atom. The molecular formula is C23H25NO7. The largest absolute Gasteiger partial charge is 0.507 e. The van der Waals surface area contributed by atoms with Crippen LogP contribution in [0.5, 0.6) is 17.2 Å². The van der Waals surface area contributed by atoms with Gasteiger partial charge in [0.15, 0.2) is 0 Å². The van der Waals surface area contributed by atoms with E-state index in [9.17, 15) is 19.8 Å². The minimum Gasteiger partial charge on any atom is -0.507 e. The minimum absolute atomic E-state index is 0.0876. The van der Waals surface area contributed by atoms with Crippen molar-refractivity contribution in [1.82, 2.24) is 4.90 Å². The molecule has 1 heterocycles. The summed E-state index contributed by atoms with van der Waals surface area (Å²) in [5.74, 6) is -0.451. The highest BCUT2D eigenvalue weighted by molar-refractivity contribution is 6.46. The fourth-order valence-electron chi connectivity index (χ4n) is 3.63. The molecule has 1 aliphatic heterocycles. The van der Waals surface area contributed by atoms with Gasteiger partial charge in [-0.15, -0.1) is 0 Å². The number of nitrogens with zero attached hydrogens (tertiary/aromatic N) is 1. The van der Waals surface area contributed by atoms with E-state index in [0.717, 1.165) is 0 Å². The number of benzene rings is 2. The molecule has 0 aromatic heterocycles. The Bertz CT molecular complexity index is 997. The van der Waals surface area contributed by atoms with Crippen molar-refractivity contribution in [3.05, 3.63) is 59.2 Å². The van der Waals surface area contributed by atoms with E-state index in [2.05, 4.69) is 0 Å². The first-order valence-electron chi connectivity index (χ1n) is 9.81. The summed E-state index contributed by atoms with van der Waals surface area (Å²) in [5.41, 5.74) is 0.730. The fraction of sp³-hybridized carbons (Fsp3) is 0.304. The minimum atomic E-state index is -0.955. The van der Waals surface area contributed by atoms with Crippen LogP contribution in [-0.4, -0.2) is 60.8 Å². The molecule has 3 rings (SSSR count). The summed E-state index contributed by atoms with van der Waals surface area (Å²) in [4.78, 5) is 26.9. The summed E-state index contributed by atoms with van der Waals surface area (Å²) in [6, 6.07) is 10.6. The van der Waals surface area contributed by atoms with Crippen LogP contribution in [0.2, 0.25) is 0 Å². The van der Waals surface area contributed by atoms with Crippen LogP contribution < -0.4 is 14.2 Å². The third-order valence-electron chi connectivity index (χ3n) is 5.05. The van der Waals surface area contributed by atoms with Gasteiger partial charge in [-0.25, -0.2) is 0 Å². The van der Waals surface area contributed by atoms with Crippen LogP contribution in [0.1, 0.15) is 24.1 Å². The lowest BCUT2D eigenvalue weighted by molar-refractivity contribution is -0.140. The molecule has 164 valence electrons. The van der Waals surface area contributed by atoms with Gasteiger partial charge in [-0.1, -0.05) is 0 Å². The number of rotatable bonds is 8. The molecule has 2 aromatic carbocycles. The van der Waals surface area contributed by atoms with Gasteiger partial charge in [0.2, 0.25) is 0 Å². The van der Waals surface area contributed by atoms with E-state index in [4.69, 9.17) is 14.2 Å². The van der Waals surface area contributed by atoms with E-state index in [1.165, 1.54) is 19.1 Å². The van der Waals surface area contributed by atoms with Crippen molar-refractivity contribution >= 4 is 17.4 Å². The van der Waals surface area contributed by atoms with Crippen LogP contribution in [0.4, 0.5) is 0 Å². The molecule has 2 aromatic rings. The molecule has 1 saturated heterocycles. The van der Waals surface area contributed by atoms with Crippen LogP contribution in [-0.2, 0) is 9.59 Å². The predicted molar refractivity (Wildman–Crippen MR) is 113 cm³/mol. The summed E-state index contributed by atoms with van der Waals surface area (Å²) in [7, 11) is 2.96. The van der Waals surface area contributed by atoms with Crippen LogP contribution in [0.3, 0.4) is 0 Å². The standard InChI is InChI=1S/C23H25NO7/c1-4-31-15-7-5-14(6-8-15)21(26)19-20(24(11-12-25)23(28)22(19)27)17-13-16(29-2)9-10-18(17)30-3/h5-10,13,20,25-26H,4,11-12H2,1-3H3/b21-19-. The highest BCUT2D eigenvalue weighted by Crippen LogP contribution is 2.43. The van der Waals surface area contributed by atoms with Crippen LogP contribution in [0, 0.1) is 0 Å². The maximum Gasteiger partial charge on any atom is 0.295 e. The van der Waals surface area contributed by atoms with Gasteiger partial charge in [0, 0.05) is 17.7 Å². The second-order valence-corrected chi connectivity index (χ2v) is 6.78. The average Bonchev–Trinajstić information content (AvgIpc) is 3.04. The number of aliphatic hydroxyl groups is 2. The molecular weight excluding hydrogens is 402 g/mol. The average molecular weight is 427 g/mol. The van der Waals surface area contributed by atoms with Crippen molar-refractivity contribution in [3.63, 3.8) is 0 Å². The summed E-state index contributed by atoms with van der Waals surface area (Å²) in [5, 5.41) is 20.5. The molecule has 8 nitrogen and oxygen atoms in total. The second kappa shape index (κ2) is 9.53. The number of likely N-dealkylation sites (tertiary alicyclic amines) is 1. The van der Waals surface area contributed by atoms with Crippen LogP contribution >= 0.6 is 0 Å². The van der Waals surface area contributed by atoms with Gasteiger partial charge in [-0.3, -0.25) is 9.59 Å². The van der Waals surface area contributed by atoms with Crippen molar-refractivity contribution < 1.29 is 34.0 Å². The highest BCUT2D eigenvalue weighted by atomic mass is 16.5. The van der Waals surface area contributed by atoms with Gasteiger partial charge in [0.25, 0.3) is 11.7 Å². The maximum atomic E-state index is 12.9. The number of Topliss-reactive ketones (excluding diaryl/α,β-unsaturated/α-hetero) is 1. The maximum absolute atomic E-state index is 12.9. The van der Waals surface area contributed by atoms with E-state index < -0.39 is 17.7 Å². The lowest BCUT2D eigenvalue weighted by atomic mass is 9.94. The van der Waals surface area contributed by atoms with E-state index in [0.29, 0.717) is 35.0 Å². The van der Waals surface area contributed by atoms with Crippen molar-refractivity contribution in [3.8, 4) is 17.2 Å². The SMILES string of the molecule is CCOc1ccc(/C(O)=C2/C(=O)C(=O)N(CCO)C2c2cc(OC)ccc2OC)cc1. The molecule has 0 aliphatic carbocycles. The Morgan fingerprint density at radius 2 is 1.71 bits per heavy atom. The monoisotopic (exact) mass is 427 g/mol. The third kappa shape index (κ3) is 4.20. The van der Waals surface area contributed by atoms with Gasteiger partial charge in [-0.2, -0.15) is 0 Å². The van der Waals surface area contributed by atoms with Crippen molar-refractivity contribution in [1.29, 1.82) is 0 Å². The van der Waals surface area contributed by atoms with Gasteiger partial charge in [-0.05, 0) is 49.4 Å². The molecule has 0 bridgehead atoms. The first-order valence-corrected chi connectivity index (χ1v) is 9.81. The number of aliphatic hydroxyl groups excluding tert-OH is 2. The smallest absolute Gasteiger partial charge is 0.295 e. The topological polar surface area (TPSA) is 106 Å². The van der Waals surface area contributed by atoms with E-state index in [-0.39, 0.29) is 24.5 Å². The van der Waals surface area contributed by atoms with Gasteiger partial charge in [0.1, 0.15) is 23.0 Å². The Labute approximate surface area is 180 Å². The fourth-order valence-corrected chi connectivity index (χ4v) is 3.63. The van der Waals surface area contributed by atoms with Crippen molar-refractivity contribution in [2.75, 3.05) is 34.0 Å². The second-order valence-electron chi connectivity index (χ2n) is 6.78. The molecule has 1 fully saturated rings. The quantitative estimate of drug-likeness (QED) is 0.379. The Kier molecular flexibility index (Phi) is 6.81. The molecule has 31 heavy (non-hydrogen) atoms. The Hall–Kier alpha value is -3.52. The summed E-state index contributed by atoms with van der Waals surface area (Å²) in [6.07, 6.45) is 0. The van der Waals surface area contributed by atoms with E-state index in [1.54, 1.807) is 42.5 Å². The summed E-state index contributed by atoms with van der Waals surface area (Å²) in [6.45, 7) is 1.92.